The number of amidine groups is 1. The van der Waals surface area contributed by atoms with Crippen molar-refractivity contribution in [2.24, 2.45) is 10.9 Å². The second kappa shape index (κ2) is 9.14. The number of sulfone groups is 1. The van der Waals surface area contributed by atoms with E-state index in [1.807, 2.05) is 17.0 Å². The zero-order valence-electron chi connectivity index (χ0n) is 18.8. The van der Waals surface area contributed by atoms with Crippen LogP contribution < -0.4 is 9.80 Å². The number of hydrogen-bond acceptors (Lipinski definition) is 5. The fourth-order valence-electron chi connectivity index (χ4n) is 5.17. The van der Waals surface area contributed by atoms with Gasteiger partial charge in [-0.3, -0.25) is 4.79 Å². The van der Waals surface area contributed by atoms with Crippen molar-refractivity contribution in [3.63, 3.8) is 0 Å². The molecule has 174 valence electrons. The van der Waals surface area contributed by atoms with Gasteiger partial charge in [0.2, 0.25) is 5.91 Å². The van der Waals surface area contributed by atoms with Crippen molar-refractivity contribution in [2.75, 3.05) is 34.4 Å². The van der Waals surface area contributed by atoms with Gasteiger partial charge in [0.05, 0.1) is 17.5 Å². The van der Waals surface area contributed by atoms with Crippen LogP contribution in [0.25, 0.3) is 0 Å². The van der Waals surface area contributed by atoms with Gasteiger partial charge < -0.3 is 9.80 Å². The summed E-state index contributed by atoms with van der Waals surface area (Å²) in [6.45, 7) is 3.51. The Kier molecular flexibility index (Phi) is 6.22. The number of nitrogens with zero attached hydrogens (tertiary/aromatic N) is 3. The average molecular weight is 484 g/mol. The second-order valence-corrected chi connectivity index (χ2v) is 12.6. The van der Waals surface area contributed by atoms with E-state index in [4.69, 9.17) is 0 Å². The number of piperidine rings is 1. The quantitative estimate of drug-likeness (QED) is 0.659. The van der Waals surface area contributed by atoms with Crippen LogP contribution >= 0.6 is 11.8 Å². The van der Waals surface area contributed by atoms with Gasteiger partial charge in [-0.15, -0.1) is 0 Å². The normalized spacial score (nSPS) is 26.0. The smallest absolute Gasteiger partial charge is 0.244 e. The molecule has 3 fully saturated rings. The largest absolute Gasteiger partial charge is 0.372 e. The van der Waals surface area contributed by atoms with Gasteiger partial charge in [0.1, 0.15) is 0 Å². The molecule has 1 amide bonds. The summed E-state index contributed by atoms with van der Waals surface area (Å²) in [4.78, 5) is 20.2. The number of rotatable bonds is 4. The second-order valence-electron chi connectivity index (χ2n) is 9.22. The molecule has 2 aromatic carbocycles. The zero-order valence-corrected chi connectivity index (χ0v) is 20.4. The fraction of sp³-hybridized carbons (Fsp3) is 0.440. The van der Waals surface area contributed by atoms with E-state index in [0.717, 1.165) is 31.1 Å². The van der Waals surface area contributed by atoms with E-state index in [0.29, 0.717) is 5.17 Å². The highest BCUT2D eigenvalue weighted by atomic mass is 32.2. The van der Waals surface area contributed by atoms with Gasteiger partial charge in [-0.25, -0.2) is 8.42 Å². The molecular formula is C25H29N3O3S2. The van der Waals surface area contributed by atoms with E-state index in [1.54, 1.807) is 0 Å². The molecule has 0 N–H and O–H groups in total. The Balaban J connectivity index is 1.27. The van der Waals surface area contributed by atoms with Crippen LogP contribution in [0.5, 0.6) is 0 Å². The van der Waals surface area contributed by atoms with Crippen LogP contribution in [0.3, 0.4) is 0 Å². The number of carbonyl (C=O) groups excluding carboxylic acids is 1. The Labute approximate surface area is 200 Å². The number of amides is 1. The number of aliphatic imine (C=N–C) groups is 1. The van der Waals surface area contributed by atoms with Crippen molar-refractivity contribution in [1.29, 1.82) is 0 Å². The summed E-state index contributed by atoms with van der Waals surface area (Å²) in [5.41, 5.74) is 3.50. The zero-order chi connectivity index (χ0) is 23.0. The Morgan fingerprint density at radius 3 is 2.33 bits per heavy atom. The van der Waals surface area contributed by atoms with E-state index in [2.05, 4.69) is 52.4 Å². The molecule has 33 heavy (non-hydrogen) atoms. The Hall–Kier alpha value is -2.32. The lowest BCUT2D eigenvalue weighted by Crippen LogP contribution is -2.38. The molecule has 5 rings (SSSR count). The molecule has 8 heteroatoms. The maximum absolute atomic E-state index is 12.2. The topological polar surface area (TPSA) is 70.0 Å². The third-order valence-corrected chi connectivity index (χ3v) is 10.0. The molecule has 0 aliphatic carbocycles. The summed E-state index contributed by atoms with van der Waals surface area (Å²) < 4.78 is 24.4. The van der Waals surface area contributed by atoms with E-state index < -0.39 is 9.84 Å². The molecule has 0 bridgehead atoms. The first-order valence-electron chi connectivity index (χ1n) is 11.5. The molecular weight excluding hydrogens is 454 g/mol. The van der Waals surface area contributed by atoms with Crippen LogP contribution in [0.1, 0.15) is 25.3 Å². The molecule has 3 aliphatic heterocycles. The highest BCUT2D eigenvalue weighted by Crippen LogP contribution is 2.41. The molecule has 3 saturated heterocycles. The third kappa shape index (κ3) is 4.96. The molecule has 0 saturated carbocycles. The third-order valence-electron chi connectivity index (χ3n) is 6.79. The molecule has 0 unspecified atom stereocenters. The SMILES string of the molecule is CC(=O)N=C1S[C@@H]2CS(=O)(=O)C[C@@H]2N1c1ccc(N2CCC(Cc3ccccc3)CC2)cc1. The number of thioether (sulfide) groups is 1. The lowest BCUT2D eigenvalue weighted by atomic mass is 9.90. The lowest BCUT2D eigenvalue weighted by Gasteiger charge is -2.34. The van der Waals surface area contributed by atoms with Crippen LogP contribution in [-0.4, -0.2) is 55.4 Å². The molecule has 0 spiro atoms. The molecule has 2 aromatic rings. The van der Waals surface area contributed by atoms with Crippen LogP contribution in [0.15, 0.2) is 59.6 Å². The number of fused-ring (bicyclic) bond motifs is 1. The predicted molar refractivity (Wildman–Crippen MR) is 136 cm³/mol. The fourth-order valence-corrected chi connectivity index (χ4v) is 9.13. The predicted octanol–water partition coefficient (Wildman–Crippen LogP) is 3.77. The van der Waals surface area contributed by atoms with E-state index >= 15 is 0 Å². The number of carbonyl (C=O) groups is 1. The molecule has 6 nitrogen and oxygen atoms in total. The van der Waals surface area contributed by atoms with Crippen LogP contribution in [0.2, 0.25) is 0 Å². The summed E-state index contributed by atoms with van der Waals surface area (Å²) in [5.74, 6) is 0.709. The van der Waals surface area contributed by atoms with Crippen LogP contribution in [-0.2, 0) is 21.1 Å². The first-order chi connectivity index (χ1) is 15.9. The molecule has 3 heterocycles. The van der Waals surface area contributed by atoms with E-state index in [9.17, 15) is 13.2 Å². The van der Waals surface area contributed by atoms with Gasteiger partial charge in [0.15, 0.2) is 15.0 Å². The standard InChI is InChI=1S/C25H29N3O3S2/c1-18(29)26-25-28(23-16-33(30,31)17-24(23)32-25)22-9-7-21(8-10-22)27-13-11-20(12-14-27)15-19-5-3-2-4-6-19/h2-10,20,23-24H,11-17H2,1H3/t23-,24+/m0/s1. The Morgan fingerprint density at radius 2 is 1.67 bits per heavy atom. The van der Waals surface area contributed by atoms with Gasteiger partial charge in [-0.1, -0.05) is 42.1 Å². The van der Waals surface area contributed by atoms with Crippen LogP contribution in [0, 0.1) is 5.92 Å². The lowest BCUT2D eigenvalue weighted by molar-refractivity contribution is -0.115. The highest BCUT2D eigenvalue weighted by molar-refractivity contribution is 8.16. The van der Waals surface area contributed by atoms with Gasteiger partial charge in [0.25, 0.3) is 0 Å². The number of benzene rings is 2. The van der Waals surface area contributed by atoms with Gasteiger partial charge >= 0.3 is 0 Å². The van der Waals surface area contributed by atoms with Crippen molar-refractivity contribution >= 4 is 44.0 Å². The summed E-state index contributed by atoms with van der Waals surface area (Å²) in [7, 11) is -3.06. The van der Waals surface area contributed by atoms with Crippen molar-refractivity contribution < 1.29 is 13.2 Å². The summed E-state index contributed by atoms with van der Waals surface area (Å²) in [6.07, 6.45) is 3.50. The van der Waals surface area contributed by atoms with Crippen molar-refractivity contribution in [2.45, 2.75) is 37.5 Å². The molecule has 3 aliphatic rings. The highest BCUT2D eigenvalue weighted by Gasteiger charge is 2.49. The maximum Gasteiger partial charge on any atom is 0.244 e. The summed E-state index contributed by atoms with van der Waals surface area (Å²) in [5, 5.41) is 0.540. The maximum atomic E-state index is 12.2. The van der Waals surface area contributed by atoms with Crippen LogP contribution in [0.4, 0.5) is 11.4 Å². The molecule has 2 atom stereocenters. The van der Waals surface area contributed by atoms with Gasteiger partial charge in [-0.05, 0) is 55.0 Å². The van der Waals surface area contributed by atoms with Crippen molar-refractivity contribution in [3.05, 3.63) is 60.2 Å². The molecule has 0 radical (unpaired) electrons. The average Bonchev–Trinajstić information content (AvgIpc) is 3.25. The minimum atomic E-state index is -3.06. The van der Waals surface area contributed by atoms with Gasteiger partial charge in [0, 0.05) is 36.6 Å². The Morgan fingerprint density at radius 1 is 1.00 bits per heavy atom. The number of hydrogen-bond donors (Lipinski definition) is 0. The monoisotopic (exact) mass is 483 g/mol. The molecule has 0 aromatic heterocycles. The number of anilines is 2. The van der Waals surface area contributed by atoms with Gasteiger partial charge in [-0.2, -0.15) is 4.99 Å². The summed E-state index contributed by atoms with van der Waals surface area (Å²) in [6, 6.07) is 18.8. The van der Waals surface area contributed by atoms with E-state index in [-0.39, 0.29) is 28.7 Å². The minimum absolute atomic E-state index is 0.0728. The van der Waals surface area contributed by atoms with Crippen molar-refractivity contribution in [1.82, 2.24) is 0 Å². The summed E-state index contributed by atoms with van der Waals surface area (Å²) >= 11 is 1.41. The van der Waals surface area contributed by atoms with Crippen molar-refractivity contribution in [3.8, 4) is 0 Å². The first-order valence-corrected chi connectivity index (χ1v) is 14.2. The Bertz CT molecular complexity index is 1140. The van der Waals surface area contributed by atoms with E-state index in [1.165, 1.54) is 42.8 Å². The first kappa shape index (κ1) is 22.5. The minimum Gasteiger partial charge on any atom is -0.372 e.